The maximum atomic E-state index is 12.8. The summed E-state index contributed by atoms with van der Waals surface area (Å²) in [5.41, 5.74) is 8.65. The quantitative estimate of drug-likeness (QED) is 0.115. The van der Waals surface area contributed by atoms with Crippen molar-refractivity contribution in [3.8, 4) is 0 Å². The molecule has 1 saturated carbocycles. The van der Waals surface area contributed by atoms with Gasteiger partial charge in [0.05, 0.1) is 60.4 Å². The van der Waals surface area contributed by atoms with E-state index in [-0.39, 0.29) is 69.6 Å². The van der Waals surface area contributed by atoms with Crippen LogP contribution in [0.15, 0.2) is 158 Å². The van der Waals surface area contributed by atoms with Crippen LogP contribution in [0, 0.1) is 25.7 Å². The number of carboxylic acids is 1. The van der Waals surface area contributed by atoms with Crippen LogP contribution in [-0.4, -0.2) is 107 Å². The van der Waals surface area contributed by atoms with Gasteiger partial charge in [-0.25, -0.2) is 47.8 Å². The van der Waals surface area contributed by atoms with Gasteiger partial charge >= 0.3 is 5.97 Å². The average Bonchev–Trinajstić information content (AvgIpc) is 1.63. The number of aryl methyl sites for hydroxylation is 2. The van der Waals surface area contributed by atoms with Crippen LogP contribution in [0.5, 0.6) is 0 Å². The molecule has 4 N–H and O–H groups in total. The molecule has 2 aromatic carbocycles. The molecule has 0 radical (unpaired) electrons. The number of sulfonamides is 4. The van der Waals surface area contributed by atoms with Crippen LogP contribution in [0.2, 0.25) is 0 Å². The van der Waals surface area contributed by atoms with E-state index in [1.807, 2.05) is 81.4 Å². The molecular formula is C58H57ClN12O11S4. The first-order valence-electron chi connectivity index (χ1n) is 27.2. The molecule has 2 aliphatic carbocycles. The second kappa shape index (κ2) is 24.3. The molecule has 3 unspecified atom stereocenters. The van der Waals surface area contributed by atoms with Crippen molar-refractivity contribution >= 4 is 77.8 Å². The number of carbonyl (C=O) groups is 1. The van der Waals surface area contributed by atoms with Gasteiger partial charge < -0.3 is 9.52 Å². The number of aromatic nitrogens is 4. The molecule has 14 rings (SSSR count). The Kier molecular flexibility index (Phi) is 17.0. The number of carboxylic acid groups (broad SMARTS) is 1. The zero-order valence-corrected chi connectivity index (χ0v) is 50.4. The van der Waals surface area contributed by atoms with E-state index in [4.69, 9.17) is 16.0 Å². The predicted octanol–water partition coefficient (Wildman–Crippen LogP) is 5.94. The molecule has 10 heterocycles. The van der Waals surface area contributed by atoms with Gasteiger partial charge in [-0.2, -0.15) is 4.31 Å². The molecule has 5 aliphatic heterocycles. The second-order valence-corrected chi connectivity index (χ2v) is 28.3. The van der Waals surface area contributed by atoms with Gasteiger partial charge in [0.2, 0.25) is 0 Å². The summed E-state index contributed by atoms with van der Waals surface area (Å²) in [5, 5.41) is 9.16. The number of nitrogens with zero attached hydrogens (tertiary/aromatic N) is 9. The number of benzene rings is 2. The normalized spacial score (nSPS) is 20.7. The molecule has 0 bridgehead atoms. The molecule has 1 saturated heterocycles. The highest BCUT2D eigenvalue weighted by Crippen LogP contribution is 2.51. The molecule has 5 aromatic heterocycles. The van der Waals surface area contributed by atoms with Crippen molar-refractivity contribution in [3.05, 3.63) is 213 Å². The number of nitrogens with one attached hydrogen (secondary N) is 3. The first kappa shape index (κ1) is 60.1. The third kappa shape index (κ3) is 12.4. The van der Waals surface area contributed by atoms with Gasteiger partial charge in [-0.3, -0.25) is 44.7 Å². The van der Waals surface area contributed by atoms with Crippen LogP contribution in [0.25, 0.3) is 0 Å². The van der Waals surface area contributed by atoms with Gasteiger partial charge in [-0.15, -0.1) is 11.6 Å². The van der Waals surface area contributed by atoms with E-state index in [1.54, 1.807) is 73.3 Å². The SMILES string of the molecule is CC(NS(=O)(=O)C1=NCc2ncccc21)c1ccccc1.Cc1cc(CNS(=O)(=O)C2=NCc3ncccc32)c(C)o1.O=C(O)[C@@H]1[C@@H]2C[C@@H]2CN1S(=O)(=O)C1=NCc2ncccc21.O=S(=O)(NC1c2ccccc2CC1Cl)C1=NCc2ncccc21. The van der Waals surface area contributed by atoms with E-state index in [9.17, 15) is 43.6 Å². The van der Waals surface area contributed by atoms with Gasteiger partial charge in [-0.05, 0) is 117 Å². The zero-order valence-electron chi connectivity index (χ0n) is 46.4. The molecule has 0 amide bonds. The molecule has 7 aliphatic rings. The molecular weight excluding hydrogens is 1200 g/mol. The van der Waals surface area contributed by atoms with E-state index in [0.29, 0.717) is 70.3 Å². The topological polar surface area (TPSA) is 327 Å². The van der Waals surface area contributed by atoms with Crippen LogP contribution >= 0.6 is 11.6 Å². The largest absolute Gasteiger partial charge is 0.480 e. The van der Waals surface area contributed by atoms with Crippen LogP contribution in [0.4, 0.5) is 0 Å². The molecule has 446 valence electrons. The highest BCUT2D eigenvalue weighted by molar-refractivity contribution is 8.06. The molecule has 23 nitrogen and oxygen atoms in total. The van der Waals surface area contributed by atoms with Gasteiger partial charge in [0.15, 0.2) is 20.2 Å². The Balaban J connectivity index is 0.000000119. The minimum absolute atomic E-state index is 0.0434. The monoisotopic (exact) mass is 1260 g/mol. The second-order valence-electron chi connectivity index (χ2n) is 21.0. The lowest BCUT2D eigenvalue weighted by Gasteiger charge is -2.23. The number of furan rings is 1. The summed E-state index contributed by atoms with van der Waals surface area (Å²) >= 11 is 6.38. The number of fused-ring (bicyclic) bond motifs is 6. The summed E-state index contributed by atoms with van der Waals surface area (Å²) in [7, 11) is -15.0. The fourth-order valence-corrected chi connectivity index (χ4v) is 17.4. The zero-order chi connectivity index (χ0) is 60.7. The van der Waals surface area contributed by atoms with Crippen molar-refractivity contribution in [2.75, 3.05) is 6.54 Å². The summed E-state index contributed by atoms with van der Waals surface area (Å²) < 4.78 is 115. The number of alkyl halides is 1. The average molecular weight is 1260 g/mol. The van der Waals surface area contributed by atoms with Crippen molar-refractivity contribution in [1.29, 1.82) is 0 Å². The van der Waals surface area contributed by atoms with E-state index >= 15 is 0 Å². The molecule has 0 spiro atoms. The Morgan fingerprint density at radius 1 is 0.651 bits per heavy atom. The molecule has 6 atom stereocenters. The van der Waals surface area contributed by atoms with Crippen molar-refractivity contribution in [2.45, 2.75) is 89.8 Å². The summed E-state index contributed by atoms with van der Waals surface area (Å²) in [6, 6.07) is 30.9. The Labute approximate surface area is 502 Å². The third-order valence-corrected chi connectivity index (χ3v) is 21.9. The van der Waals surface area contributed by atoms with Crippen LogP contribution in [0.3, 0.4) is 0 Å². The number of rotatable bonds is 10. The minimum Gasteiger partial charge on any atom is -0.480 e. The summed E-state index contributed by atoms with van der Waals surface area (Å²) in [6.07, 6.45) is 7.95. The lowest BCUT2D eigenvalue weighted by molar-refractivity contribution is -0.141. The molecule has 28 heteroatoms. The van der Waals surface area contributed by atoms with Crippen LogP contribution in [0.1, 0.15) is 104 Å². The first-order valence-corrected chi connectivity index (χ1v) is 33.5. The Bertz CT molecular complexity index is 4410. The van der Waals surface area contributed by atoms with Crippen LogP contribution in [-0.2, 0) is 84.0 Å². The van der Waals surface area contributed by atoms with Gasteiger partial charge in [0, 0.05) is 71.7 Å². The highest BCUT2D eigenvalue weighted by atomic mass is 35.5. The smallest absolute Gasteiger partial charge is 0.322 e. The van der Waals surface area contributed by atoms with Crippen molar-refractivity contribution in [2.24, 2.45) is 31.8 Å². The Morgan fingerprint density at radius 3 is 1.66 bits per heavy atom. The van der Waals surface area contributed by atoms with Gasteiger partial charge in [0.25, 0.3) is 40.1 Å². The van der Waals surface area contributed by atoms with E-state index in [0.717, 1.165) is 38.7 Å². The predicted molar refractivity (Wildman–Crippen MR) is 322 cm³/mol. The van der Waals surface area contributed by atoms with Crippen molar-refractivity contribution in [3.63, 3.8) is 0 Å². The van der Waals surface area contributed by atoms with Crippen molar-refractivity contribution in [1.82, 2.24) is 38.4 Å². The van der Waals surface area contributed by atoms with E-state index in [1.165, 1.54) is 0 Å². The Morgan fingerprint density at radius 2 is 1.14 bits per heavy atom. The standard InChI is InChI=1S/C16H14ClN3O2S.C15H15N3O2S.C14H15N3O3S.C13H13N3O4S/c17-13-8-10-4-1-2-5-11(10)15(13)20-23(21,22)16-12-6-3-7-18-14(12)9-19-16;1-11(12-6-3-2-4-7-12)18-21(19,20)15-13-8-5-9-16-14(13)10-17-15;1-9-6-11(10(2)20-9)7-17-21(18,19)14-12-4-3-5-15-13(12)8-16-14;17-13(18)11-9-4-7(9)6-16(11)21(19,20)12-8-2-1-3-14-10(8)5-15-12/h1-7,13,15,20H,8-9H2;2-9,11,18H,10H2,1H3;3-6,17H,7-8H2,1-2H3;1-3,7,9,11H,4-6H2,(H,17,18)/t;;;7-,9-,11+/m...1/s1. The molecule has 2 fully saturated rings. The first-order chi connectivity index (χ1) is 41.1. The maximum Gasteiger partial charge on any atom is 0.322 e. The molecule has 86 heavy (non-hydrogen) atoms. The summed E-state index contributed by atoms with van der Waals surface area (Å²) in [6.45, 7) is 7.03. The fraction of sp³-hybridized carbons (Fsp3) is 0.293. The number of aliphatic imine (C=N–C) groups is 4. The van der Waals surface area contributed by atoms with Gasteiger partial charge in [-0.1, -0.05) is 54.6 Å². The highest BCUT2D eigenvalue weighted by Gasteiger charge is 2.60. The number of piperidine rings is 1. The third-order valence-electron chi connectivity index (χ3n) is 15.3. The fourth-order valence-electron chi connectivity index (χ4n) is 11.1. The van der Waals surface area contributed by atoms with E-state index in [2.05, 4.69) is 54.1 Å². The number of aliphatic carboxylic acids is 1. The minimum atomic E-state index is -3.89. The van der Waals surface area contributed by atoms with Gasteiger partial charge in [0.1, 0.15) is 17.6 Å². The van der Waals surface area contributed by atoms with Crippen LogP contribution < -0.4 is 14.2 Å². The Hall–Kier alpha value is -7.60. The lowest BCUT2D eigenvalue weighted by atomic mass is 10.1. The van der Waals surface area contributed by atoms with E-state index < -0.39 is 58.1 Å². The summed E-state index contributed by atoms with van der Waals surface area (Å²) in [5.74, 6) is 0.526. The number of hydrogen-bond donors (Lipinski definition) is 4. The number of pyridine rings is 4. The number of halogens is 1. The lowest BCUT2D eigenvalue weighted by Crippen LogP contribution is -2.46. The number of hydrogen-bond acceptors (Lipinski definition) is 18. The van der Waals surface area contributed by atoms with Crippen molar-refractivity contribution < 1.29 is 48.0 Å². The summed E-state index contributed by atoms with van der Waals surface area (Å²) in [4.78, 5) is 44.4. The maximum absolute atomic E-state index is 12.8. The molecule has 7 aromatic rings.